The molecule has 1 N–H and O–H groups in total. The Bertz CT molecular complexity index is 734. The van der Waals surface area contributed by atoms with Gasteiger partial charge in [-0.15, -0.1) is 11.3 Å². The lowest BCUT2D eigenvalue weighted by atomic mass is 10.1. The fraction of sp³-hybridized carbons (Fsp3) is 0.429. The van der Waals surface area contributed by atoms with Crippen molar-refractivity contribution in [2.45, 2.75) is 12.8 Å². The third-order valence-electron chi connectivity index (χ3n) is 3.58. The van der Waals surface area contributed by atoms with Crippen LogP contribution in [0, 0.1) is 5.92 Å². The molecule has 1 aliphatic heterocycles. The van der Waals surface area contributed by atoms with Gasteiger partial charge in [-0.25, -0.2) is 13.4 Å². The molecule has 7 heteroatoms. The van der Waals surface area contributed by atoms with Crippen LogP contribution in [0.1, 0.15) is 11.4 Å². The quantitative estimate of drug-likeness (QED) is 0.922. The summed E-state index contributed by atoms with van der Waals surface area (Å²) in [7, 11) is -3.01. The summed E-state index contributed by atoms with van der Waals surface area (Å²) in [5.74, 6) is -0.425. The largest absolute Gasteiger partial charge is 0.355 e. The number of amides is 1. The fourth-order valence-corrected chi connectivity index (χ4v) is 5.17. The third-order valence-corrected chi connectivity index (χ3v) is 6.44. The summed E-state index contributed by atoms with van der Waals surface area (Å²) >= 11 is 1.62. The molecule has 1 fully saturated rings. The summed E-state index contributed by atoms with van der Waals surface area (Å²) in [4.78, 5) is 16.4. The number of carbonyl (C=O) groups is 1. The summed E-state index contributed by atoms with van der Waals surface area (Å²) in [5, 5.41) is 3.80. The molecule has 0 radical (unpaired) electrons. The molecule has 1 amide bonds. The van der Waals surface area contributed by atoms with Gasteiger partial charge >= 0.3 is 0 Å². The summed E-state index contributed by atoms with van der Waals surface area (Å²) in [6.07, 6.45) is 1.11. The van der Waals surface area contributed by atoms with E-state index in [0.29, 0.717) is 19.4 Å². The molecule has 2 heterocycles. The molecule has 1 aliphatic rings. The van der Waals surface area contributed by atoms with Crippen molar-refractivity contribution >= 4 is 37.3 Å². The Morgan fingerprint density at radius 3 is 2.90 bits per heavy atom. The lowest BCUT2D eigenvalue weighted by Gasteiger charge is -2.08. The number of benzene rings is 1. The number of nitrogens with one attached hydrogen (secondary N) is 1. The van der Waals surface area contributed by atoms with E-state index >= 15 is 0 Å². The topological polar surface area (TPSA) is 76.1 Å². The molecular weight excluding hydrogens is 308 g/mol. The fourth-order valence-electron chi connectivity index (χ4n) is 2.47. The van der Waals surface area contributed by atoms with Gasteiger partial charge in [0.25, 0.3) is 0 Å². The summed E-state index contributed by atoms with van der Waals surface area (Å²) in [6, 6.07) is 7.93. The zero-order valence-corrected chi connectivity index (χ0v) is 13.0. The highest BCUT2D eigenvalue weighted by atomic mass is 32.2. The predicted octanol–water partition coefficient (Wildman–Crippen LogP) is 1.39. The smallest absolute Gasteiger partial charge is 0.224 e. The second-order valence-electron chi connectivity index (χ2n) is 5.22. The van der Waals surface area contributed by atoms with Crippen LogP contribution in [0.2, 0.25) is 0 Å². The summed E-state index contributed by atoms with van der Waals surface area (Å²) in [5.41, 5.74) is 0.978. The normalized spacial score (nSPS) is 20.7. The van der Waals surface area contributed by atoms with Gasteiger partial charge in [0.05, 0.1) is 32.6 Å². The Kier molecular flexibility index (Phi) is 3.95. The number of rotatable bonds is 4. The minimum atomic E-state index is -3.01. The first-order valence-corrected chi connectivity index (χ1v) is 9.50. The predicted molar refractivity (Wildman–Crippen MR) is 83.1 cm³/mol. The zero-order valence-electron chi connectivity index (χ0n) is 11.4. The van der Waals surface area contributed by atoms with E-state index in [0.717, 1.165) is 15.2 Å². The highest BCUT2D eigenvalue weighted by molar-refractivity contribution is 7.91. The van der Waals surface area contributed by atoms with E-state index in [9.17, 15) is 13.2 Å². The maximum atomic E-state index is 11.9. The van der Waals surface area contributed by atoms with E-state index in [2.05, 4.69) is 10.3 Å². The molecule has 0 unspecified atom stereocenters. The molecule has 3 rings (SSSR count). The van der Waals surface area contributed by atoms with Gasteiger partial charge in [-0.1, -0.05) is 12.1 Å². The molecule has 1 saturated heterocycles. The van der Waals surface area contributed by atoms with Gasteiger partial charge in [-0.2, -0.15) is 0 Å². The van der Waals surface area contributed by atoms with Crippen LogP contribution in [0.4, 0.5) is 0 Å². The SMILES string of the molecule is O=C(NCCc1nc2ccccc2s1)[C@H]1CCS(=O)(=O)C1. The van der Waals surface area contributed by atoms with E-state index in [1.807, 2.05) is 24.3 Å². The zero-order chi connectivity index (χ0) is 14.9. The lowest BCUT2D eigenvalue weighted by Crippen LogP contribution is -2.32. The second kappa shape index (κ2) is 5.73. The molecule has 1 aromatic heterocycles. The molecule has 21 heavy (non-hydrogen) atoms. The number of sulfone groups is 1. The molecule has 0 saturated carbocycles. The molecular formula is C14H16N2O3S2. The van der Waals surface area contributed by atoms with Crippen LogP contribution < -0.4 is 5.32 Å². The summed E-state index contributed by atoms with van der Waals surface area (Å²) < 4.78 is 23.8. The number of para-hydroxylation sites is 1. The standard InChI is InChI=1S/C14H16N2O3S2/c17-14(10-6-8-21(18,19)9-10)15-7-5-13-16-11-3-1-2-4-12(11)20-13/h1-4,10H,5-9H2,(H,15,17)/t10-/m0/s1. The number of carbonyl (C=O) groups excluding carboxylic acids is 1. The number of hydrogen-bond acceptors (Lipinski definition) is 5. The Morgan fingerprint density at radius 2 is 2.19 bits per heavy atom. The molecule has 1 aromatic carbocycles. The monoisotopic (exact) mass is 324 g/mol. The second-order valence-corrected chi connectivity index (χ2v) is 8.56. The molecule has 2 aromatic rings. The number of thiazole rings is 1. The minimum absolute atomic E-state index is 0.0139. The van der Waals surface area contributed by atoms with Gasteiger partial charge in [0.15, 0.2) is 9.84 Å². The van der Waals surface area contributed by atoms with Gasteiger partial charge in [-0.3, -0.25) is 4.79 Å². The number of fused-ring (bicyclic) bond motifs is 1. The Balaban J connectivity index is 1.53. The maximum absolute atomic E-state index is 11.9. The van der Waals surface area contributed by atoms with E-state index in [-0.39, 0.29) is 23.3 Å². The van der Waals surface area contributed by atoms with Crippen molar-refractivity contribution < 1.29 is 13.2 Å². The molecule has 0 bridgehead atoms. The van der Waals surface area contributed by atoms with E-state index in [1.54, 1.807) is 11.3 Å². The average Bonchev–Trinajstić information content (AvgIpc) is 3.01. The molecule has 112 valence electrons. The van der Waals surface area contributed by atoms with Crippen LogP contribution in [0.25, 0.3) is 10.2 Å². The van der Waals surface area contributed by atoms with Crippen LogP contribution in [-0.4, -0.2) is 37.4 Å². The van der Waals surface area contributed by atoms with Crippen molar-refractivity contribution in [2.24, 2.45) is 5.92 Å². The first kappa shape index (κ1) is 14.5. The van der Waals surface area contributed by atoms with Gasteiger partial charge in [0.1, 0.15) is 0 Å². The van der Waals surface area contributed by atoms with Gasteiger partial charge in [-0.05, 0) is 18.6 Å². The van der Waals surface area contributed by atoms with E-state index in [1.165, 1.54) is 0 Å². The Morgan fingerprint density at radius 1 is 1.38 bits per heavy atom. The van der Waals surface area contributed by atoms with Crippen LogP contribution in [0.3, 0.4) is 0 Å². The number of nitrogens with zero attached hydrogens (tertiary/aromatic N) is 1. The van der Waals surface area contributed by atoms with Crippen LogP contribution >= 0.6 is 11.3 Å². The van der Waals surface area contributed by atoms with Crippen molar-refractivity contribution in [3.05, 3.63) is 29.3 Å². The van der Waals surface area contributed by atoms with Gasteiger partial charge in [0.2, 0.25) is 5.91 Å². The van der Waals surface area contributed by atoms with Gasteiger partial charge in [0, 0.05) is 13.0 Å². The van der Waals surface area contributed by atoms with Crippen molar-refractivity contribution in [3.63, 3.8) is 0 Å². The molecule has 0 aliphatic carbocycles. The van der Waals surface area contributed by atoms with Crippen LogP contribution in [-0.2, 0) is 21.1 Å². The van der Waals surface area contributed by atoms with Crippen molar-refractivity contribution in [1.29, 1.82) is 0 Å². The summed E-state index contributed by atoms with van der Waals surface area (Å²) in [6.45, 7) is 0.495. The van der Waals surface area contributed by atoms with E-state index < -0.39 is 9.84 Å². The maximum Gasteiger partial charge on any atom is 0.224 e. The van der Waals surface area contributed by atoms with Crippen molar-refractivity contribution in [1.82, 2.24) is 10.3 Å². The highest BCUT2D eigenvalue weighted by Crippen LogP contribution is 2.22. The molecule has 0 spiro atoms. The number of hydrogen-bond donors (Lipinski definition) is 1. The average molecular weight is 324 g/mol. The van der Waals surface area contributed by atoms with Crippen LogP contribution in [0.5, 0.6) is 0 Å². The molecule has 1 atom stereocenters. The molecule has 5 nitrogen and oxygen atoms in total. The highest BCUT2D eigenvalue weighted by Gasteiger charge is 2.32. The Hall–Kier alpha value is -1.47. The first-order chi connectivity index (χ1) is 10.0. The van der Waals surface area contributed by atoms with Crippen LogP contribution in [0.15, 0.2) is 24.3 Å². The minimum Gasteiger partial charge on any atom is -0.355 e. The van der Waals surface area contributed by atoms with Crippen molar-refractivity contribution in [2.75, 3.05) is 18.1 Å². The first-order valence-electron chi connectivity index (χ1n) is 6.86. The van der Waals surface area contributed by atoms with Gasteiger partial charge < -0.3 is 5.32 Å². The lowest BCUT2D eigenvalue weighted by molar-refractivity contribution is -0.124. The van der Waals surface area contributed by atoms with E-state index in [4.69, 9.17) is 0 Å². The van der Waals surface area contributed by atoms with Crippen molar-refractivity contribution in [3.8, 4) is 0 Å². The Labute approximate surface area is 127 Å². The third kappa shape index (κ3) is 3.41. The number of aromatic nitrogens is 1.